The van der Waals surface area contributed by atoms with Crippen molar-refractivity contribution >= 4 is 5.91 Å². The highest BCUT2D eigenvalue weighted by Crippen LogP contribution is 2.23. The molecule has 0 radical (unpaired) electrons. The Labute approximate surface area is 126 Å². The van der Waals surface area contributed by atoms with Gasteiger partial charge in [0.25, 0.3) is 0 Å². The smallest absolute Gasteiger partial charge is 0.227 e. The first-order chi connectivity index (χ1) is 10.0. The van der Waals surface area contributed by atoms with Crippen molar-refractivity contribution in [2.75, 3.05) is 13.7 Å². The van der Waals surface area contributed by atoms with Gasteiger partial charge in [-0.3, -0.25) is 4.79 Å². The Bertz CT molecular complexity index is 499. The van der Waals surface area contributed by atoms with Gasteiger partial charge in [-0.05, 0) is 50.3 Å². The van der Waals surface area contributed by atoms with E-state index in [4.69, 9.17) is 4.74 Å². The van der Waals surface area contributed by atoms with Crippen LogP contribution in [0.4, 0.5) is 0 Å². The van der Waals surface area contributed by atoms with Gasteiger partial charge in [0.2, 0.25) is 5.91 Å². The molecule has 1 heterocycles. The summed E-state index contributed by atoms with van der Waals surface area (Å²) in [6, 6.07) is 5.83. The molecular weight excluding hydrogens is 266 g/mol. The standard InChI is InChI=1S/C17H25NO3/c1-12-7-8-14(10-16(12)21-3)11-17(20)18-9-5-4-6-15(18)13(2)19/h7-8,10,13,15,19H,4-6,9,11H2,1-3H3. The van der Waals surface area contributed by atoms with Crippen LogP contribution in [0.2, 0.25) is 0 Å². The molecule has 2 atom stereocenters. The zero-order valence-electron chi connectivity index (χ0n) is 13.1. The Morgan fingerprint density at radius 3 is 2.90 bits per heavy atom. The predicted octanol–water partition coefficient (Wildman–Crippen LogP) is 2.31. The zero-order valence-corrected chi connectivity index (χ0v) is 13.1. The second-order valence-electron chi connectivity index (χ2n) is 5.87. The highest BCUT2D eigenvalue weighted by atomic mass is 16.5. The van der Waals surface area contributed by atoms with Crippen LogP contribution in [0.15, 0.2) is 18.2 Å². The molecule has 2 unspecified atom stereocenters. The molecule has 21 heavy (non-hydrogen) atoms. The summed E-state index contributed by atoms with van der Waals surface area (Å²) in [5, 5.41) is 9.87. The summed E-state index contributed by atoms with van der Waals surface area (Å²) < 4.78 is 5.31. The average Bonchev–Trinajstić information content (AvgIpc) is 2.49. The van der Waals surface area contributed by atoms with E-state index in [0.29, 0.717) is 6.42 Å². The molecule has 1 aliphatic rings. The van der Waals surface area contributed by atoms with Crippen molar-refractivity contribution in [3.63, 3.8) is 0 Å². The fourth-order valence-corrected chi connectivity index (χ4v) is 3.02. The molecule has 4 heteroatoms. The number of likely N-dealkylation sites (tertiary alicyclic amines) is 1. The lowest BCUT2D eigenvalue weighted by atomic mass is 9.97. The van der Waals surface area contributed by atoms with E-state index in [1.807, 2.05) is 30.0 Å². The molecule has 1 saturated heterocycles. The summed E-state index contributed by atoms with van der Waals surface area (Å²) in [7, 11) is 1.64. The lowest BCUT2D eigenvalue weighted by Gasteiger charge is -2.37. The predicted molar refractivity (Wildman–Crippen MR) is 82.5 cm³/mol. The third kappa shape index (κ3) is 3.76. The first kappa shape index (κ1) is 15.8. The number of aryl methyl sites for hydroxylation is 1. The molecule has 1 aromatic carbocycles. The average molecular weight is 291 g/mol. The second kappa shape index (κ2) is 6.94. The molecule has 1 amide bonds. The first-order valence-corrected chi connectivity index (χ1v) is 7.64. The number of amides is 1. The largest absolute Gasteiger partial charge is 0.496 e. The molecule has 0 saturated carbocycles. The zero-order chi connectivity index (χ0) is 15.4. The van der Waals surface area contributed by atoms with Crippen LogP contribution in [0.5, 0.6) is 5.75 Å². The molecule has 116 valence electrons. The minimum atomic E-state index is -0.471. The fraction of sp³-hybridized carbons (Fsp3) is 0.588. The van der Waals surface area contributed by atoms with E-state index in [9.17, 15) is 9.90 Å². The SMILES string of the molecule is COc1cc(CC(=O)N2CCCCC2C(C)O)ccc1C. The molecule has 1 aromatic rings. The van der Waals surface area contributed by atoms with Gasteiger partial charge in [-0.25, -0.2) is 0 Å². The van der Waals surface area contributed by atoms with Crippen LogP contribution in [-0.4, -0.2) is 41.7 Å². The number of benzene rings is 1. The van der Waals surface area contributed by atoms with Gasteiger partial charge in [0.05, 0.1) is 25.7 Å². The van der Waals surface area contributed by atoms with Crippen LogP contribution < -0.4 is 4.74 Å². The van der Waals surface area contributed by atoms with Gasteiger partial charge in [0.15, 0.2) is 0 Å². The van der Waals surface area contributed by atoms with Crippen molar-refractivity contribution in [1.82, 2.24) is 4.90 Å². The van der Waals surface area contributed by atoms with Crippen molar-refractivity contribution in [2.24, 2.45) is 0 Å². The van der Waals surface area contributed by atoms with Gasteiger partial charge < -0.3 is 14.7 Å². The van der Waals surface area contributed by atoms with Crippen molar-refractivity contribution in [2.45, 2.75) is 51.7 Å². The molecule has 0 aliphatic carbocycles. The second-order valence-corrected chi connectivity index (χ2v) is 5.87. The number of aliphatic hydroxyl groups is 1. The Morgan fingerprint density at radius 1 is 1.48 bits per heavy atom. The number of methoxy groups -OCH3 is 1. The summed E-state index contributed by atoms with van der Waals surface area (Å²) in [5.74, 6) is 0.900. The minimum absolute atomic E-state index is 0.0430. The normalized spacial score (nSPS) is 20.2. The van der Waals surface area contributed by atoms with Crippen molar-refractivity contribution in [3.05, 3.63) is 29.3 Å². The Morgan fingerprint density at radius 2 is 2.24 bits per heavy atom. The van der Waals surface area contributed by atoms with Crippen molar-refractivity contribution in [1.29, 1.82) is 0 Å². The van der Waals surface area contributed by atoms with Gasteiger partial charge in [0.1, 0.15) is 5.75 Å². The molecule has 1 N–H and O–H groups in total. The number of ether oxygens (including phenoxy) is 1. The van der Waals surface area contributed by atoms with Gasteiger partial charge in [-0.1, -0.05) is 12.1 Å². The maximum atomic E-state index is 12.5. The van der Waals surface area contributed by atoms with Gasteiger partial charge in [0, 0.05) is 6.54 Å². The third-order valence-corrected chi connectivity index (χ3v) is 4.25. The van der Waals surface area contributed by atoms with E-state index in [1.165, 1.54) is 0 Å². The topological polar surface area (TPSA) is 49.8 Å². The number of carbonyl (C=O) groups excluding carboxylic acids is 1. The van der Waals surface area contributed by atoms with E-state index in [2.05, 4.69) is 0 Å². The number of piperidine rings is 1. The molecule has 0 bridgehead atoms. The maximum Gasteiger partial charge on any atom is 0.227 e. The van der Waals surface area contributed by atoms with Crippen LogP contribution in [0.1, 0.15) is 37.3 Å². The molecule has 1 fully saturated rings. The Balaban J connectivity index is 2.09. The summed E-state index contributed by atoms with van der Waals surface area (Å²) in [6.45, 7) is 4.50. The quantitative estimate of drug-likeness (QED) is 0.926. The Kier molecular flexibility index (Phi) is 5.23. The van der Waals surface area contributed by atoms with Crippen LogP contribution in [-0.2, 0) is 11.2 Å². The molecular formula is C17H25NO3. The lowest BCUT2D eigenvalue weighted by molar-refractivity contribution is -0.136. The van der Waals surface area contributed by atoms with Gasteiger partial charge in [-0.15, -0.1) is 0 Å². The van der Waals surface area contributed by atoms with E-state index < -0.39 is 6.10 Å². The van der Waals surface area contributed by atoms with Gasteiger partial charge in [-0.2, -0.15) is 0 Å². The summed E-state index contributed by atoms with van der Waals surface area (Å²) in [4.78, 5) is 14.4. The number of nitrogens with zero attached hydrogens (tertiary/aromatic N) is 1. The molecule has 1 aliphatic heterocycles. The number of rotatable bonds is 4. The molecule has 0 aromatic heterocycles. The number of carbonyl (C=O) groups is 1. The Hall–Kier alpha value is -1.55. The summed E-state index contributed by atoms with van der Waals surface area (Å²) in [5.41, 5.74) is 2.02. The summed E-state index contributed by atoms with van der Waals surface area (Å²) >= 11 is 0. The highest BCUT2D eigenvalue weighted by Gasteiger charge is 2.29. The highest BCUT2D eigenvalue weighted by molar-refractivity contribution is 5.79. The van der Waals surface area contributed by atoms with Crippen LogP contribution in [0.25, 0.3) is 0 Å². The van der Waals surface area contributed by atoms with Crippen molar-refractivity contribution < 1.29 is 14.6 Å². The van der Waals surface area contributed by atoms with Gasteiger partial charge >= 0.3 is 0 Å². The van der Waals surface area contributed by atoms with Crippen LogP contribution >= 0.6 is 0 Å². The molecule has 2 rings (SSSR count). The number of aliphatic hydroxyl groups excluding tert-OH is 1. The van der Waals surface area contributed by atoms with E-state index >= 15 is 0 Å². The fourth-order valence-electron chi connectivity index (χ4n) is 3.02. The number of hydrogen-bond acceptors (Lipinski definition) is 3. The van der Waals surface area contributed by atoms with E-state index in [-0.39, 0.29) is 11.9 Å². The van der Waals surface area contributed by atoms with Crippen LogP contribution in [0.3, 0.4) is 0 Å². The van der Waals surface area contributed by atoms with E-state index in [0.717, 1.165) is 42.7 Å². The first-order valence-electron chi connectivity index (χ1n) is 7.64. The monoisotopic (exact) mass is 291 g/mol. The van der Waals surface area contributed by atoms with E-state index in [1.54, 1.807) is 14.0 Å². The maximum absolute atomic E-state index is 12.5. The minimum Gasteiger partial charge on any atom is -0.496 e. The third-order valence-electron chi connectivity index (χ3n) is 4.25. The summed E-state index contributed by atoms with van der Waals surface area (Å²) in [6.07, 6.45) is 2.88. The lowest BCUT2D eigenvalue weighted by Crippen LogP contribution is -2.49. The molecule has 4 nitrogen and oxygen atoms in total. The van der Waals surface area contributed by atoms with Crippen molar-refractivity contribution in [3.8, 4) is 5.75 Å². The number of hydrogen-bond donors (Lipinski definition) is 1. The van der Waals surface area contributed by atoms with Crippen LogP contribution in [0, 0.1) is 6.92 Å². The molecule has 0 spiro atoms.